The molecule has 0 fully saturated rings. The zero-order valence-corrected chi connectivity index (χ0v) is 4.80. The lowest BCUT2D eigenvalue weighted by atomic mass is 11.2. The van der Waals surface area contributed by atoms with Crippen molar-refractivity contribution in [2.24, 2.45) is 0 Å². The van der Waals surface area contributed by atoms with Gasteiger partial charge in [0.05, 0.1) is 0 Å². The van der Waals surface area contributed by atoms with Gasteiger partial charge in [0, 0.05) is 0 Å². The molecular weight excluding hydrogens is 133 g/mol. The van der Waals surface area contributed by atoms with Crippen molar-refractivity contribution in [3.63, 3.8) is 0 Å². The van der Waals surface area contributed by atoms with Gasteiger partial charge in [-0.1, -0.05) is 0 Å². The van der Waals surface area contributed by atoms with Gasteiger partial charge in [0.15, 0.2) is 0 Å². The Balaban J connectivity index is 0. The molecule has 0 heterocycles. The number of hydrogen-bond donors (Lipinski definition) is 4. The van der Waals surface area contributed by atoms with Gasteiger partial charge in [0.25, 0.3) is 0 Å². The Labute approximate surface area is 46.0 Å². The summed E-state index contributed by atoms with van der Waals surface area (Å²) in [5.41, 5.74) is 0. The van der Waals surface area contributed by atoms with Gasteiger partial charge in [0.1, 0.15) is 0 Å². The summed E-state index contributed by atoms with van der Waals surface area (Å²) < 4.78 is 8.88. The van der Waals surface area contributed by atoms with Crippen LogP contribution in [0.2, 0.25) is 0 Å². The zero-order chi connectivity index (χ0) is 7.21. The summed E-state index contributed by atoms with van der Waals surface area (Å²) in [5.74, 6) is 1.75. The highest BCUT2D eigenvalue weighted by atomic mass is 31.2. The lowest BCUT2D eigenvalue weighted by Crippen LogP contribution is -1.66. The molecule has 8 heavy (non-hydrogen) atoms. The van der Waals surface area contributed by atoms with Crippen LogP contribution in [0.1, 0.15) is 0 Å². The molecule has 6 heteroatoms. The fourth-order valence-corrected chi connectivity index (χ4v) is 0. The molecule has 0 rings (SSSR count). The van der Waals surface area contributed by atoms with E-state index in [1.165, 1.54) is 0 Å². The highest BCUT2D eigenvalue weighted by Gasteiger charge is 2.00. The molecule has 0 atom stereocenters. The average Bonchev–Trinajstić information content (AvgIpc) is 1.27. The Morgan fingerprint density at radius 2 is 1.50 bits per heavy atom. The Morgan fingerprint density at radius 3 is 1.50 bits per heavy atom. The van der Waals surface area contributed by atoms with E-state index in [-0.39, 0.29) is 0 Å². The quantitative estimate of drug-likeness (QED) is 0.268. The molecule has 0 saturated carbocycles. The molecule has 0 spiro atoms. The van der Waals surface area contributed by atoms with E-state index >= 15 is 0 Å². The smallest absolute Gasteiger partial charge is 0.303 e. The van der Waals surface area contributed by atoms with Crippen LogP contribution in [0.25, 0.3) is 0 Å². The van der Waals surface area contributed by atoms with E-state index in [1.807, 2.05) is 0 Å². The zero-order valence-electron chi connectivity index (χ0n) is 3.90. The predicted octanol–water partition coefficient (Wildman–Crippen LogP) is -0.508. The first-order valence-corrected chi connectivity index (χ1v) is 2.95. The third-order valence-corrected chi connectivity index (χ3v) is 0. The maximum atomic E-state index is 8.88. The second-order valence-electron chi connectivity index (χ2n) is 0.690. The van der Waals surface area contributed by atoms with Crippen molar-refractivity contribution in [2.75, 3.05) is 0 Å². The lowest BCUT2D eigenvalue weighted by molar-refractivity contribution is 0.275. The van der Waals surface area contributed by atoms with Crippen LogP contribution in [-0.4, -0.2) is 20.6 Å². The van der Waals surface area contributed by atoms with E-state index in [9.17, 15) is 0 Å². The Kier molecular flexibility index (Phi) is 6.20. The molecule has 0 radical (unpaired) electrons. The van der Waals surface area contributed by atoms with Crippen molar-refractivity contribution in [1.82, 2.24) is 0 Å². The van der Waals surface area contributed by atoms with E-state index in [4.69, 9.17) is 24.7 Å². The summed E-state index contributed by atoms with van der Waals surface area (Å²) in [4.78, 5) is 21.6. The Hall–Kier alpha value is -0.440. The summed E-state index contributed by atoms with van der Waals surface area (Å²) >= 11 is 0. The summed E-state index contributed by atoms with van der Waals surface area (Å²) in [5, 5.41) is 5.85. The standard InChI is InChI=1S/C2H3N.H3O4P/c1-2-3;1-5(2,3)4/h3H,1H2;(H3,1,2,3,4). The predicted molar refractivity (Wildman–Crippen MR) is 27.6 cm³/mol. The monoisotopic (exact) mass is 139 g/mol. The highest BCUT2D eigenvalue weighted by Crippen LogP contribution is 2.25. The maximum absolute atomic E-state index is 8.88. The van der Waals surface area contributed by atoms with Crippen LogP contribution in [0, 0.1) is 5.41 Å². The fourth-order valence-electron chi connectivity index (χ4n) is 0. The van der Waals surface area contributed by atoms with Crippen LogP contribution in [0.15, 0.2) is 6.58 Å². The highest BCUT2D eigenvalue weighted by molar-refractivity contribution is 7.45. The summed E-state index contributed by atoms with van der Waals surface area (Å²) in [6, 6.07) is 0. The molecule has 0 bridgehead atoms. The molecule has 5 nitrogen and oxygen atoms in total. The van der Waals surface area contributed by atoms with Gasteiger partial charge in [0.2, 0.25) is 0 Å². The van der Waals surface area contributed by atoms with Crippen LogP contribution >= 0.6 is 7.82 Å². The molecular formula is C2H6NO4P. The molecule has 48 valence electrons. The minimum atomic E-state index is -4.64. The van der Waals surface area contributed by atoms with Gasteiger partial charge in [-0.3, -0.25) is 5.41 Å². The van der Waals surface area contributed by atoms with Crippen molar-refractivity contribution in [1.29, 1.82) is 5.41 Å². The first-order valence-electron chi connectivity index (χ1n) is 1.39. The first-order chi connectivity index (χ1) is 3.41. The first kappa shape index (κ1) is 10.5. The summed E-state index contributed by atoms with van der Waals surface area (Å²) in [7, 11) is -4.64. The van der Waals surface area contributed by atoms with Crippen molar-refractivity contribution >= 4 is 13.7 Å². The summed E-state index contributed by atoms with van der Waals surface area (Å²) in [6.07, 6.45) is 0. The molecule has 4 N–H and O–H groups in total. The minimum absolute atomic E-state index is 1.75. The topological polar surface area (TPSA) is 102 Å². The Bertz CT molecular complexity index is 112. The number of hydrogen-bond acceptors (Lipinski definition) is 2. The summed E-state index contributed by atoms with van der Waals surface area (Å²) in [6.45, 7) is 2.90. The van der Waals surface area contributed by atoms with Gasteiger partial charge >= 0.3 is 7.82 Å². The minimum Gasteiger partial charge on any atom is -0.303 e. The van der Waals surface area contributed by atoms with Gasteiger partial charge in [-0.25, -0.2) is 4.57 Å². The molecule has 0 amide bonds. The Morgan fingerprint density at radius 1 is 1.50 bits per heavy atom. The number of phosphoric acid groups is 1. The third kappa shape index (κ3) is 597. The van der Waals surface area contributed by atoms with Crippen molar-refractivity contribution in [3.8, 4) is 0 Å². The number of nitrogens with one attached hydrogen (secondary N) is 1. The SMILES string of the molecule is C=C=N.O=P(O)(O)O. The largest absolute Gasteiger partial charge is 0.466 e. The third-order valence-electron chi connectivity index (χ3n) is 0. The molecule has 0 aromatic rings. The molecule has 0 aliphatic heterocycles. The lowest BCUT2D eigenvalue weighted by Gasteiger charge is -1.82. The van der Waals surface area contributed by atoms with Gasteiger partial charge < -0.3 is 14.7 Å². The van der Waals surface area contributed by atoms with E-state index in [1.54, 1.807) is 5.87 Å². The second kappa shape index (κ2) is 4.71. The number of rotatable bonds is 0. The second-order valence-corrected chi connectivity index (χ2v) is 1.72. The van der Waals surface area contributed by atoms with E-state index < -0.39 is 7.82 Å². The van der Waals surface area contributed by atoms with Crippen LogP contribution in [0.5, 0.6) is 0 Å². The molecule has 0 aliphatic rings. The molecule has 0 saturated heterocycles. The van der Waals surface area contributed by atoms with Crippen LogP contribution in [-0.2, 0) is 4.57 Å². The molecule has 0 aromatic carbocycles. The molecule has 0 aromatic heterocycles. The van der Waals surface area contributed by atoms with Gasteiger partial charge in [-0.2, -0.15) is 0 Å². The van der Waals surface area contributed by atoms with Crippen molar-refractivity contribution < 1.29 is 19.2 Å². The molecule has 0 aliphatic carbocycles. The van der Waals surface area contributed by atoms with Gasteiger partial charge in [-0.05, 0) is 12.4 Å². The molecule has 0 unspecified atom stereocenters. The van der Waals surface area contributed by atoms with Crippen molar-refractivity contribution in [3.05, 3.63) is 6.58 Å². The normalized spacial score (nSPS) is 8.38. The average molecular weight is 139 g/mol. The van der Waals surface area contributed by atoms with E-state index in [2.05, 4.69) is 6.58 Å². The van der Waals surface area contributed by atoms with E-state index in [0.29, 0.717) is 0 Å². The van der Waals surface area contributed by atoms with Crippen molar-refractivity contribution in [2.45, 2.75) is 0 Å². The van der Waals surface area contributed by atoms with Crippen LogP contribution < -0.4 is 0 Å². The maximum Gasteiger partial charge on any atom is 0.466 e. The van der Waals surface area contributed by atoms with Crippen LogP contribution in [0.3, 0.4) is 0 Å². The van der Waals surface area contributed by atoms with Gasteiger partial charge in [-0.15, -0.1) is 0 Å². The fraction of sp³-hybridized carbons (Fsp3) is 0. The van der Waals surface area contributed by atoms with Crippen LogP contribution in [0.4, 0.5) is 0 Å². The van der Waals surface area contributed by atoms with E-state index in [0.717, 1.165) is 0 Å².